The molecule has 0 amide bonds. The molecule has 1 rings (SSSR count). The molecule has 0 fully saturated rings. The molecule has 0 radical (unpaired) electrons. The fraction of sp³-hybridized carbons (Fsp3) is 0.571. The van der Waals surface area contributed by atoms with Gasteiger partial charge in [-0.25, -0.2) is 9.78 Å². The lowest BCUT2D eigenvalue weighted by Gasteiger charge is -2.15. The first-order valence-electron chi connectivity index (χ1n) is 6.45. The zero-order valence-electron chi connectivity index (χ0n) is 11.3. The van der Waals surface area contributed by atoms with Crippen molar-refractivity contribution in [1.29, 1.82) is 0 Å². The van der Waals surface area contributed by atoms with Gasteiger partial charge in [0.25, 0.3) is 0 Å². The molecule has 0 saturated carbocycles. The Kier molecular flexibility index (Phi) is 5.62. The number of pyridine rings is 1. The van der Waals surface area contributed by atoms with Gasteiger partial charge in [0, 0.05) is 17.9 Å². The lowest BCUT2D eigenvalue weighted by molar-refractivity contribution is 0.0690. The average molecular weight is 250 g/mol. The second-order valence-corrected chi connectivity index (χ2v) is 5.11. The van der Waals surface area contributed by atoms with E-state index in [1.54, 1.807) is 12.1 Å². The molecule has 0 aliphatic rings. The van der Waals surface area contributed by atoms with Crippen LogP contribution in [0.2, 0.25) is 0 Å². The predicted octanol–water partition coefficient (Wildman–Crippen LogP) is 3.41. The van der Waals surface area contributed by atoms with Crippen molar-refractivity contribution in [2.24, 2.45) is 5.92 Å². The van der Waals surface area contributed by atoms with E-state index in [1.807, 2.05) is 0 Å². The topological polar surface area (TPSA) is 62.2 Å². The molecule has 1 aromatic heterocycles. The first-order chi connectivity index (χ1) is 8.49. The molecule has 1 unspecified atom stereocenters. The van der Waals surface area contributed by atoms with Crippen LogP contribution in [0, 0.1) is 5.92 Å². The van der Waals surface area contributed by atoms with Gasteiger partial charge < -0.3 is 10.4 Å². The van der Waals surface area contributed by atoms with E-state index in [1.165, 1.54) is 19.0 Å². The Balaban J connectivity index is 2.46. The predicted molar refractivity (Wildman–Crippen MR) is 73.0 cm³/mol. The van der Waals surface area contributed by atoms with E-state index in [-0.39, 0.29) is 5.69 Å². The maximum absolute atomic E-state index is 10.8. The summed E-state index contributed by atoms with van der Waals surface area (Å²) in [5.41, 5.74) is 0.897. The fourth-order valence-corrected chi connectivity index (χ4v) is 1.83. The number of aromatic carboxylic acids is 1. The van der Waals surface area contributed by atoms with Gasteiger partial charge >= 0.3 is 5.97 Å². The molecular formula is C14H22N2O2. The van der Waals surface area contributed by atoms with Crippen LogP contribution in [-0.4, -0.2) is 22.1 Å². The second kappa shape index (κ2) is 6.99. The Bertz CT molecular complexity index is 391. The van der Waals surface area contributed by atoms with E-state index < -0.39 is 5.97 Å². The number of carboxylic acids is 1. The van der Waals surface area contributed by atoms with Crippen LogP contribution in [0.1, 0.15) is 50.5 Å². The molecule has 0 aliphatic heterocycles. The van der Waals surface area contributed by atoms with E-state index in [9.17, 15) is 4.79 Å². The summed E-state index contributed by atoms with van der Waals surface area (Å²) >= 11 is 0. The standard InChI is InChI=1S/C14H22N2O2/c1-10(2)5-4-6-11(3)16-12-7-8-15-13(9-12)14(17)18/h7-11H,4-6H2,1-3H3,(H,15,16)(H,17,18). The van der Waals surface area contributed by atoms with Crippen LogP contribution in [0.5, 0.6) is 0 Å². The first kappa shape index (κ1) is 14.5. The number of anilines is 1. The zero-order valence-corrected chi connectivity index (χ0v) is 11.3. The third kappa shape index (κ3) is 5.17. The van der Waals surface area contributed by atoms with Crippen molar-refractivity contribution < 1.29 is 9.90 Å². The van der Waals surface area contributed by atoms with Crippen LogP contribution >= 0.6 is 0 Å². The highest BCUT2D eigenvalue weighted by atomic mass is 16.4. The summed E-state index contributed by atoms with van der Waals surface area (Å²) in [6.07, 6.45) is 5.01. The number of nitrogens with zero attached hydrogens (tertiary/aromatic N) is 1. The van der Waals surface area contributed by atoms with Crippen LogP contribution in [0.4, 0.5) is 5.69 Å². The summed E-state index contributed by atoms with van der Waals surface area (Å²) in [7, 11) is 0. The molecule has 1 atom stereocenters. The minimum atomic E-state index is -0.994. The molecule has 0 bridgehead atoms. The quantitative estimate of drug-likeness (QED) is 0.778. The van der Waals surface area contributed by atoms with Crippen LogP contribution in [0.15, 0.2) is 18.3 Å². The highest BCUT2D eigenvalue weighted by Crippen LogP contribution is 2.14. The molecule has 1 aromatic rings. The van der Waals surface area contributed by atoms with Gasteiger partial charge in [0.1, 0.15) is 5.69 Å². The van der Waals surface area contributed by atoms with Crippen LogP contribution in [0.3, 0.4) is 0 Å². The van der Waals surface area contributed by atoms with Gasteiger partial charge in [0.05, 0.1) is 0 Å². The lowest BCUT2D eigenvalue weighted by Crippen LogP contribution is -2.15. The summed E-state index contributed by atoms with van der Waals surface area (Å²) in [5.74, 6) is -0.261. The number of carbonyl (C=O) groups is 1. The average Bonchev–Trinajstić information content (AvgIpc) is 2.28. The lowest BCUT2D eigenvalue weighted by atomic mass is 10.0. The summed E-state index contributed by atoms with van der Waals surface area (Å²) in [4.78, 5) is 14.6. The van der Waals surface area contributed by atoms with Crippen LogP contribution in [0.25, 0.3) is 0 Å². The minimum absolute atomic E-state index is 0.0781. The van der Waals surface area contributed by atoms with E-state index in [0.29, 0.717) is 6.04 Å². The van der Waals surface area contributed by atoms with E-state index in [0.717, 1.165) is 18.0 Å². The Hall–Kier alpha value is -1.58. The molecule has 4 nitrogen and oxygen atoms in total. The normalized spacial score (nSPS) is 12.4. The zero-order chi connectivity index (χ0) is 13.5. The monoisotopic (exact) mass is 250 g/mol. The van der Waals surface area contributed by atoms with Gasteiger partial charge in [-0.05, 0) is 31.4 Å². The van der Waals surface area contributed by atoms with Crippen molar-refractivity contribution in [3.8, 4) is 0 Å². The first-order valence-corrected chi connectivity index (χ1v) is 6.45. The third-order valence-electron chi connectivity index (χ3n) is 2.81. The second-order valence-electron chi connectivity index (χ2n) is 5.11. The largest absolute Gasteiger partial charge is 0.477 e. The van der Waals surface area contributed by atoms with Gasteiger partial charge in [0.2, 0.25) is 0 Å². The number of carboxylic acid groups (broad SMARTS) is 1. The molecule has 0 spiro atoms. The number of hydrogen-bond donors (Lipinski definition) is 2. The highest BCUT2D eigenvalue weighted by Gasteiger charge is 2.07. The Morgan fingerprint density at radius 1 is 1.39 bits per heavy atom. The number of hydrogen-bond acceptors (Lipinski definition) is 3. The molecule has 1 heterocycles. The summed E-state index contributed by atoms with van der Waals surface area (Å²) in [5, 5.41) is 12.2. The minimum Gasteiger partial charge on any atom is -0.477 e. The Morgan fingerprint density at radius 2 is 2.11 bits per heavy atom. The van der Waals surface area contributed by atoms with Gasteiger partial charge in [-0.2, -0.15) is 0 Å². The van der Waals surface area contributed by atoms with E-state index in [4.69, 9.17) is 5.11 Å². The van der Waals surface area contributed by atoms with Crippen LogP contribution < -0.4 is 5.32 Å². The van der Waals surface area contributed by atoms with Crippen molar-refractivity contribution in [1.82, 2.24) is 4.98 Å². The third-order valence-corrected chi connectivity index (χ3v) is 2.81. The molecule has 4 heteroatoms. The molecule has 2 N–H and O–H groups in total. The number of aromatic nitrogens is 1. The Morgan fingerprint density at radius 3 is 2.72 bits per heavy atom. The fourth-order valence-electron chi connectivity index (χ4n) is 1.83. The van der Waals surface area contributed by atoms with Crippen molar-refractivity contribution in [2.45, 2.75) is 46.1 Å². The number of nitrogens with one attached hydrogen (secondary N) is 1. The summed E-state index contributed by atoms with van der Waals surface area (Å²) in [6.45, 7) is 6.56. The summed E-state index contributed by atoms with van der Waals surface area (Å²) in [6, 6.07) is 3.71. The van der Waals surface area contributed by atoms with E-state index >= 15 is 0 Å². The smallest absolute Gasteiger partial charge is 0.354 e. The molecule has 0 saturated heterocycles. The maximum Gasteiger partial charge on any atom is 0.354 e. The molecule has 100 valence electrons. The number of rotatable bonds is 7. The van der Waals surface area contributed by atoms with Crippen molar-refractivity contribution >= 4 is 11.7 Å². The molecular weight excluding hydrogens is 228 g/mol. The van der Waals surface area contributed by atoms with Crippen molar-refractivity contribution in [3.05, 3.63) is 24.0 Å². The summed E-state index contributed by atoms with van der Waals surface area (Å²) < 4.78 is 0. The van der Waals surface area contributed by atoms with Gasteiger partial charge in [-0.15, -0.1) is 0 Å². The Labute approximate surface area is 108 Å². The highest BCUT2D eigenvalue weighted by molar-refractivity contribution is 5.86. The van der Waals surface area contributed by atoms with Crippen molar-refractivity contribution in [2.75, 3.05) is 5.32 Å². The van der Waals surface area contributed by atoms with Gasteiger partial charge in [-0.3, -0.25) is 0 Å². The van der Waals surface area contributed by atoms with Crippen molar-refractivity contribution in [3.63, 3.8) is 0 Å². The van der Waals surface area contributed by atoms with E-state index in [2.05, 4.69) is 31.1 Å². The molecule has 0 aromatic carbocycles. The molecule has 18 heavy (non-hydrogen) atoms. The van der Waals surface area contributed by atoms with Gasteiger partial charge in [0.15, 0.2) is 0 Å². The van der Waals surface area contributed by atoms with Gasteiger partial charge in [-0.1, -0.05) is 26.7 Å². The molecule has 0 aliphatic carbocycles. The van der Waals surface area contributed by atoms with Crippen LogP contribution in [-0.2, 0) is 0 Å². The SMILES string of the molecule is CC(C)CCCC(C)Nc1ccnc(C(=O)O)c1. The maximum atomic E-state index is 10.8.